The highest BCUT2D eigenvalue weighted by Crippen LogP contribution is 2.18. The van der Waals surface area contributed by atoms with E-state index in [1.165, 1.54) is 0 Å². The van der Waals surface area contributed by atoms with Crippen LogP contribution in [0.25, 0.3) is 11.0 Å². The van der Waals surface area contributed by atoms with Crippen molar-refractivity contribution in [2.45, 2.75) is 20.0 Å². The van der Waals surface area contributed by atoms with Crippen LogP contribution in [0.2, 0.25) is 0 Å². The Morgan fingerprint density at radius 1 is 1.48 bits per heavy atom. The average Bonchev–Trinajstić information content (AvgIpc) is 3.20. The van der Waals surface area contributed by atoms with Crippen molar-refractivity contribution < 1.29 is 9.53 Å². The van der Waals surface area contributed by atoms with Crippen LogP contribution in [0, 0.1) is 5.92 Å². The van der Waals surface area contributed by atoms with E-state index in [4.69, 9.17) is 4.74 Å². The molecule has 2 heterocycles. The fourth-order valence-electron chi connectivity index (χ4n) is 2.37. The molecule has 7 nitrogen and oxygen atoms in total. The lowest BCUT2D eigenvalue weighted by Crippen LogP contribution is -2.31. The molecule has 1 amide bonds. The molecule has 0 radical (unpaired) electrons. The van der Waals surface area contributed by atoms with Gasteiger partial charge in [-0.2, -0.15) is 5.10 Å². The minimum absolute atomic E-state index is 0.0291. The quantitative estimate of drug-likeness (QED) is 0.725. The number of H-pyrrole nitrogens is 1. The maximum absolute atomic E-state index is 12.1. The van der Waals surface area contributed by atoms with E-state index >= 15 is 0 Å². The van der Waals surface area contributed by atoms with Gasteiger partial charge in [0.05, 0.1) is 37.2 Å². The van der Waals surface area contributed by atoms with E-state index in [2.05, 4.69) is 20.4 Å². The Hall–Kier alpha value is -2.83. The molecule has 3 aromatic rings. The van der Waals surface area contributed by atoms with Gasteiger partial charge in [-0.25, -0.2) is 4.98 Å². The zero-order valence-electron chi connectivity index (χ0n) is 13.1. The highest BCUT2D eigenvalue weighted by Gasteiger charge is 2.14. The second kappa shape index (κ2) is 6.51. The lowest BCUT2D eigenvalue weighted by atomic mass is 10.1. The summed E-state index contributed by atoms with van der Waals surface area (Å²) in [4.78, 5) is 19.8. The largest absolute Gasteiger partial charge is 0.497 e. The van der Waals surface area contributed by atoms with E-state index in [0.29, 0.717) is 18.9 Å². The first-order chi connectivity index (χ1) is 11.2. The number of fused-ring (bicyclic) bond motifs is 1. The maximum atomic E-state index is 12.1. The van der Waals surface area contributed by atoms with Gasteiger partial charge in [0, 0.05) is 18.5 Å². The van der Waals surface area contributed by atoms with E-state index in [1.807, 2.05) is 37.4 Å². The Bertz CT molecular complexity index is 794. The molecule has 1 atom stereocenters. The number of aromatic amines is 1. The van der Waals surface area contributed by atoms with Gasteiger partial charge in [0.25, 0.3) is 0 Å². The number of hydrogen-bond donors (Lipinski definition) is 2. The molecule has 3 rings (SSSR count). The molecule has 7 heteroatoms. The molecule has 0 aliphatic rings. The Kier molecular flexibility index (Phi) is 4.27. The number of nitrogens with zero attached hydrogens (tertiary/aromatic N) is 3. The first kappa shape index (κ1) is 15.1. The van der Waals surface area contributed by atoms with Gasteiger partial charge in [-0.3, -0.25) is 9.48 Å². The van der Waals surface area contributed by atoms with Crippen molar-refractivity contribution in [2.24, 2.45) is 5.92 Å². The molecule has 0 unspecified atom stereocenters. The number of hydrogen-bond acceptors (Lipinski definition) is 4. The van der Waals surface area contributed by atoms with Crippen molar-refractivity contribution in [2.75, 3.05) is 7.11 Å². The molecule has 0 aliphatic heterocycles. The third kappa shape index (κ3) is 3.50. The van der Waals surface area contributed by atoms with Gasteiger partial charge in [0.15, 0.2) is 0 Å². The summed E-state index contributed by atoms with van der Waals surface area (Å²) in [7, 11) is 1.62. The van der Waals surface area contributed by atoms with E-state index in [-0.39, 0.29) is 11.8 Å². The predicted molar refractivity (Wildman–Crippen MR) is 85.9 cm³/mol. The molecule has 0 saturated heterocycles. The third-order valence-electron chi connectivity index (χ3n) is 3.64. The van der Waals surface area contributed by atoms with Crippen molar-refractivity contribution in [3.63, 3.8) is 0 Å². The molecule has 23 heavy (non-hydrogen) atoms. The summed E-state index contributed by atoms with van der Waals surface area (Å²) in [6, 6.07) is 7.47. The van der Waals surface area contributed by atoms with Gasteiger partial charge < -0.3 is 15.0 Å². The van der Waals surface area contributed by atoms with Crippen LogP contribution >= 0.6 is 0 Å². The number of nitrogens with one attached hydrogen (secondary N) is 2. The van der Waals surface area contributed by atoms with E-state index in [1.54, 1.807) is 18.0 Å². The van der Waals surface area contributed by atoms with Crippen molar-refractivity contribution in [3.05, 3.63) is 42.5 Å². The van der Waals surface area contributed by atoms with Crippen LogP contribution in [0.1, 0.15) is 12.7 Å². The highest BCUT2D eigenvalue weighted by atomic mass is 16.5. The zero-order valence-corrected chi connectivity index (χ0v) is 13.1. The second-order valence-electron chi connectivity index (χ2n) is 5.41. The minimum Gasteiger partial charge on any atom is -0.497 e. The topological polar surface area (TPSA) is 84.8 Å². The monoisotopic (exact) mass is 313 g/mol. The van der Waals surface area contributed by atoms with Crippen molar-refractivity contribution in [3.8, 4) is 5.75 Å². The number of methoxy groups -OCH3 is 1. The summed E-state index contributed by atoms with van der Waals surface area (Å²) in [5, 5.41) is 7.00. The second-order valence-corrected chi connectivity index (χ2v) is 5.41. The van der Waals surface area contributed by atoms with Crippen LogP contribution < -0.4 is 10.1 Å². The number of amides is 1. The Balaban J connectivity index is 1.60. The van der Waals surface area contributed by atoms with Crippen molar-refractivity contribution >= 4 is 16.9 Å². The lowest BCUT2D eigenvalue weighted by molar-refractivity contribution is -0.125. The minimum atomic E-state index is -0.167. The molecular weight excluding hydrogens is 294 g/mol. The third-order valence-corrected chi connectivity index (χ3v) is 3.64. The van der Waals surface area contributed by atoms with E-state index in [9.17, 15) is 4.79 Å². The van der Waals surface area contributed by atoms with Gasteiger partial charge in [-0.15, -0.1) is 0 Å². The molecule has 0 bridgehead atoms. The molecule has 2 aromatic heterocycles. The first-order valence-corrected chi connectivity index (χ1v) is 7.43. The molecule has 1 aromatic carbocycles. The van der Waals surface area contributed by atoms with Crippen LogP contribution in [0.4, 0.5) is 0 Å². The highest BCUT2D eigenvalue weighted by molar-refractivity contribution is 5.79. The number of rotatable bonds is 6. The Morgan fingerprint density at radius 2 is 2.35 bits per heavy atom. The summed E-state index contributed by atoms with van der Waals surface area (Å²) >= 11 is 0. The van der Waals surface area contributed by atoms with Crippen molar-refractivity contribution in [1.82, 2.24) is 25.1 Å². The number of ether oxygens (including phenoxy) is 1. The summed E-state index contributed by atoms with van der Waals surface area (Å²) in [5.41, 5.74) is 1.73. The fourth-order valence-corrected chi connectivity index (χ4v) is 2.37. The van der Waals surface area contributed by atoms with Gasteiger partial charge in [0.1, 0.15) is 11.6 Å². The van der Waals surface area contributed by atoms with Crippen LogP contribution in [0.3, 0.4) is 0 Å². The van der Waals surface area contributed by atoms with Gasteiger partial charge in [0.2, 0.25) is 5.91 Å². The van der Waals surface area contributed by atoms with Crippen LogP contribution in [0.15, 0.2) is 36.7 Å². The molecule has 0 spiro atoms. The molecule has 0 fully saturated rings. The predicted octanol–water partition coefficient (Wildman–Crippen LogP) is 1.72. The normalized spacial score (nSPS) is 12.3. The van der Waals surface area contributed by atoms with Crippen LogP contribution in [-0.2, 0) is 17.9 Å². The fraction of sp³-hybridized carbons (Fsp3) is 0.312. The SMILES string of the molecule is COc1ccc2nc(CNC(=O)[C@H](C)Cn3cccn3)[nH]c2c1. The number of aromatic nitrogens is 4. The summed E-state index contributed by atoms with van der Waals surface area (Å²) in [6.45, 7) is 2.79. The van der Waals surface area contributed by atoms with Gasteiger partial charge in [-0.05, 0) is 18.2 Å². The summed E-state index contributed by atoms with van der Waals surface area (Å²) < 4.78 is 6.93. The van der Waals surface area contributed by atoms with Gasteiger partial charge in [-0.1, -0.05) is 6.92 Å². The molecule has 120 valence electrons. The summed E-state index contributed by atoms with van der Waals surface area (Å²) in [6.07, 6.45) is 3.55. The van der Waals surface area contributed by atoms with Crippen molar-refractivity contribution in [1.29, 1.82) is 0 Å². The molecule has 0 saturated carbocycles. The standard InChI is InChI=1S/C16H19N5O2/c1-11(10-21-7-3-6-18-21)16(22)17-9-15-19-13-5-4-12(23-2)8-14(13)20-15/h3-8,11H,9-10H2,1-2H3,(H,17,22)(H,19,20)/t11-/m1/s1. The van der Waals surface area contributed by atoms with E-state index < -0.39 is 0 Å². The molecule has 2 N–H and O–H groups in total. The van der Waals surface area contributed by atoms with Crippen LogP contribution in [0.5, 0.6) is 5.75 Å². The number of benzene rings is 1. The smallest absolute Gasteiger partial charge is 0.225 e. The van der Waals surface area contributed by atoms with E-state index in [0.717, 1.165) is 16.8 Å². The summed E-state index contributed by atoms with van der Waals surface area (Å²) in [5.74, 6) is 1.29. The Labute approximate surface area is 133 Å². The maximum Gasteiger partial charge on any atom is 0.225 e. The first-order valence-electron chi connectivity index (χ1n) is 7.43. The zero-order chi connectivity index (χ0) is 16.2. The molecule has 0 aliphatic carbocycles. The number of imidazole rings is 1. The average molecular weight is 313 g/mol. The van der Waals surface area contributed by atoms with Gasteiger partial charge >= 0.3 is 0 Å². The van der Waals surface area contributed by atoms with Crippen LogP contribution in [-0.4, -0.2) is 32.8 Å². The number of carbonyl (C=O) groups is 1. The number of carbonyl (C=O) groups excluding carboxylic acids is 1. The molecular formula is C16H19N5O2. The lowest BCUT2D eigenvalue weighted by Gasteiger charge is -2.11. The Morgan fingerprint density at radius 3 is 3.09 bits per heavy atom.